The van der Waals surface area contributed by atoms with Crippen LogP contribution >= 0.6 is 0 Å². The number of benzene rings is 1. The third-order valence-electron chi connectivity index (χ3n) is 3.67. The predicted molar refractivity (Wildman–Crippen MR) is 64.9 cm³/mol. The SMILES string of the molecule is Cc1ccc(C2CC(C)CCC2N)cc1. The average Bonchev–Trinajstić information content (AvgIpc) is 2.23. The molecule has 2 rings (SSSR count). The van der Waals surface area contributed by atoms with Crippen LogP contribution < -0.4 is 5.73 Å². The van der Waals surface area contributed by atoms with E-state index in [4.69, 9.17) is 5.73 Å². The van der Waals surface area contributed by atoms with Crippen LogP contribution in [0, 0.1) is 12.8 Å². The van der Waals surface area contributed by atoms with Gasteiger partial charge >= 0.3 is 0 Å². The molecule has 1 heteroatoms. The Hall–Kier alpha value is -0.820. The molecule has 0 radical (unpaired) electrons. The fraction of sp³-hybridized carbons (Fsp3) is 0.571. The quantitative estimate of drug-likeness (QED) is 0.745. The van der Waals surface area contributed by atoms with Gasteiger partial charge in [0.2, 0.25) is 0 Å². The van der Waals surface area contributed by atoms with E-state index in [2.05, 4.69) is 38.1 Å². The molecule has 82 valence electrons. The summed E-state index contributed by atoms with van der Waals surface area (Å²) in [4.78, 5) is 0. The summed E-state index contributed by atoms with van der Waals surface area (Å²) in [5.41, 5.74) is 8.97. The van der Waals surface area contributed by atoms with Gasteiger partial charge in [0.1, 0.15) is 0 Å². The fourth-order valence-electron chi connectivity index (χ4n) is 2.60. The zero-order chi connectivity index (χ0) is 10.8. The average molecular weight is 203 g/mol. The first-order valence-electron chi connectivity index (χ1n) is 5.99. The van der Waals surface area contributed by atoms with E-state index in [0.717, 1.165) is 5.92 Å². The molecule has 1 aromatic rings. The largest absolute Gasteiger partial charge is 0.327 e. The molecule has 1 fully saturated rings. The van der Waals surface area contributed by atoms with Gasteiger partial charge in [-0.3, -0.25) is 0 Å². The number of hydrogen-bond donors (Lipinski definition) is 1. The highest BCUT2D eigenvalue weighted by Crippen LogP contribution is 2.35. The van der Waals surface area contributed by atoms with Gasteiger partial charge in [-0.1, -0.05) is 36.8 Å². The highest BCUT2D eigenvalue weighted by atomic mass is 14.7. The summed E-state index contributed by atoms with van der Waals surface area (Å²) >= 11 is 0. The highest BCUT2D eigenvalue weighted by Gasteiger charge is 2.26. The summed E-state index contributed by atoms with van der Waals surface area (Å²) in [5.74, 6) is 1.41. The molecule has 1 aliphatic rings. The number of nitrogens with two attached hydrogens (primary N) is 1. The maximum atomic E-state index is 6.21. The molecule has 1 aromatic carbocycles. The molecular formula is C14H21N. The maximum absolute atomic E-state index is 6.21. The number of hydrogen-bond acceptors (Lipinski definition) is 1. The van der Waals surface area contributed by atoms with Gasteiger partial charge < -0.3 is 5.73 Å². The topological polar surface area (TPSA) is 26.0 Å². The van der Waals surface area contributed by atoms with E-state index in [1.807, 2.05) is 0 Å². The number of aryl methyl sites for hydroxylation is 1. The van der Waals surface area contributed by atoms with Crippen molar-refractivity contribution in [2.45, 2.75) is 45.1 Å². The molecule has 0 amide bonds. The van der Waals surface area contributed by atoms with Crippen molar-refractivity contribution in [2.75, 3.05) is 0 Å². The monoisotopic (exact) mass is 203 g/mol. The minimum atomic E-state index is 0.365. The second kappa shape index (κ2) is 4.36. The van der Waals surface area contributed by atoms with Crippen molar-refractivity contribution >= 4 is 0 Å². The summed E-state index contributed by atoms with van der Waals surface area (Å²) in [6, 6.07) is 9.25. The van der Waals surface area contributed by atoms with E-state index in [-0.39, 0.29) is 0 Å². The van der Waals surface area contributed by atoms with Crippen molar-refractivity contribution in [1.29, 1.82) is 0 Å². The van der Waals surface area contributed by atoms with Crippen LogP contribution in [0.25, 0.3) is 0 Å². The first kappa shape index (κ1) is 10.7. The number of rotatable bonds is 1. The fourth-order valence-corrected chi connectivity index (χ4v) is 2.60. The van der Waals surface area contributed by atoms with Crippen molar-refractivity contribution in [1.82, 2.24) is 0 Å². The van der Waals surface area contributed by atoms with E-state index in [1.165, 1.54) is 30.4 Å². The lowest BCUT2D eigenvalue weighted by molar-refractivity contribution is 0.306. The minimum Gasteiger partial charge on any atom is -0.327 e. The molecule has 3 atom stereocenters. The van der Waals surface area contributed by atoms with E-state index in [0.29, 0.717) is 12.0 Å². The van der Waals surface area contributed by atoms with Crippen molar-refractivity contribution in [3.8, 4) is 0 Å². The molecule has 0 bridgehead atoms. The van der Waals surface area contributed by atoms with Crippen molar-refractivity contribution in [3.63, 3.8) is 0 Å². The molecular weight excluding hydrogens is 182 g/mol. The van der Waals surface area contributed by atoms with Gasteiger partial charge in [0.15, 0.2) is 0 Å². The standard InChI is InChI=1S/C14H21N/c1-10-3-6-12(7-4-10)13-9-11(2)5-8-14(13)15/h3-4,6-7,11,13-14H,5,8-9,15H2,1-2H3. The van der Waals surface area contributed by atoms with Gasteiger partial charge in [0, 0.05) is 6.04 Å². The lowest BCUT2D eigenvalue weighted by Gasteiger charge is -2.32. The normalized spacial score (nSPS) is 31.5. The van der Waals surface area contributed by atoms with Crippen LogP contribution in [0.1, 0.15) is 43.2 Å². The first-order valence-corrected chi connectivity index (χ1v) is 5.99. The Kier molecular flexibility index (Phi) is 3.11. The Morgan fingerprint density at radius 2 is 1.80 bits per heavy atom. The van der Waals surface area contributed by atoms with Gasteiger partial charge in [0.05, 0.1) is 0 Å². The van der Waals surface area contributed by atoms with Crippen LogP contribution in [0.15, 0.2) is 24.3 Å². The minimum absolute atomic E-state index is 0.365. The van der Waals surface area contributed by atoms with Gasteiger partial charge in [0.25, 0.3) is 0 Å². The summed E-state index contributed by atoms with van der Waals surface area (Å²) in [6.07, 6.45) is 3.73. The molecule has 0 saturated heterocycles. The smallest absolute Gasteiger partial charge is 0.0108 e. The van der Waals surface area contributed by atoms with Crippen LogP contribution in [0.3, 0.4) is 0 Å². The molecule has 1 aliphatic carbocycles. The second-order valence-electron chi connectivity index (χ2n) is 5.10. The van der Waals surface area contributed by atoms with Gasteiger partial charge in [-0.2, -0.15) is 0 Å². The van der Waals surface area contributed by atoms with Crippen LogP contribution in [0.5, 0.6) is 0 Å². The molecule has 1 nitrogen and oxygen atoms in total. The van der Waals surface area contributed by atoms with E-state index in [1.54, 1.807) is 0 Å². The van der Waals surface area contributed by atoms with Crippen molar-refractivity contribution in [3.05, 3.63) is 35.4 Å². The predicted octanol–water partition coefficient (Wildman–Crippen LogP) is 3.23. The van der Waals surface area contributed by atoms with E-state index >= 15 is 0 Å². The molecule has 3 unspecified atom stereocenters. The Morgan fingerprint density at radius 3 is 2.47 bits per heavy atom. The van der Waals surface area contributed by atoms with Gasteiger partial charge in [-0.05, 0) is 43.6 Å². The van der Waals surface area contributed by atoms with E-state index < -0.39 is 0 Å². The Bertz CT molecular complexity index is 315. The third-order valence-corrected chi connectivity index (χ3v) is 3.67. The second-order valence-corrected chi connectivity index (χ2v) is 5.10. The van der Waals surface area contributed by atoms with Crippen LogP contribution in [0.2, 0.25) is 0 Å². The summed E-state index contributed by atoms with van der Waals surface area (Å²) in [7, 11) is 0. The lowest BCUT2D eigenvalue weighted by Crippen LogP contribution is -2.33. The van der Waals surface area contributed by atoms with Crippen LogP contribution in [-0.2, 0) is 0 Å². The van der Waals surface area contributed by atoms with Gasteiger partial charge in [-0.15, -0.1) is 0 Å². The molecule has 1 saturated carbocycles. The summed E-state index contributed by atoms with van der Waals surface area (Å²) < 4.78 is 0. The summed E-state index contributed by atoms with van der Waals surface area (Å²) in [6.45, 7) is 4.47. The Balaban J connectivity index is 2.17. The molecule has 0 spiro atoms. The van der Waals surface area contributed by atoms with Crippen LogP contribution in [0.4, 0.5) is 0 Å². The molecule has 0 heterocycles. The van der Waals surface area contributed by atoms with E-state index in [9.17, 15) is 0 Å². The molecule has 0 aromatic heterocycles. The Morgan fingerprint density at radius 1 is 1.13 bits per heavy atom. The summed E-state index contributed by atoms with van der Waals surface area (Å²) in [5, 5.41) is 0. The zero-order valence-electron chi connectivity index (χ0n) is 9.74. The third kappa shape index (κ3) is 2.40. The maximum Gasteiger partial charge on any atom is 0.0108 e. The van der Waals surface area contributed by atoms with Gasteiger partial charge in [-0.25, -0.2) is 0 Å². The zero-order valence-corrected chi connectivity index (χ0v) is 9.74. The first-order chi connectivity index (χ1) is 7.16. The molecule has 0 aliphatic heterocycles. The van der Waals surface area contributed by atoms with Crippen molar-refractivity contribution < 1.29 is 0 Å². The Labute approximate surface area is 92.7 Å². The molecule has 15 heavy (non-hydrogen) atoms. The highest BCUT2D eigenvalue weighted by molar-refractivity contribution is 5.26. The molecule has 2 N–H and O–H groups in total. The van der Waals surface area contributed by atoms with Crippen molar-refractivity contribution in [2.24, 2.45) is 11.7 Å². The lowest BCUT2D eigenvalue weighted by atomic mass is 9.76. The van der Waals surface area contributed by atoms with Crippen LogP contribution in [-0.4, -0.2) is 6.04 Å².